The molecule has 4 rings (SSSR count). The van der Waals surface area contributed by atoms with E-state index < -0.39 is 0 Å². The second-order valence-corrected chi connectivity index (χ2v) is 7.57. The molecule has 0 bridgehead atoms. The van der Waals surface area contributed by atoms with E-state index in [0.717, 1.165) is 28.1 Å². The maximum atomic E-state index is 13.4. The number of hydrogen-bond donors (Lipinski definition) is 3. The highest BCUT2D eigenvalue weighted by atomic mass is 35.5. The molecule has 4 N–H and O–H groups in total. The first-order chi connectivity index (χ1) is 14.5. The van der Waals surface area contributed by atoms with E-state index in [1.807, 2.05) is 31.2 Å². The highest BCUT2D eigenvalue weighted by molar-refractivity contribution is 6.30. The van der Waals surface area contributed by atoms with Crippen LogP contribution in [0.15, 0.2) is 72.8 Å². The summed E-state index contributed by atoms with van der Waals surface area (Å²) in [5.41, 5.74) is 3.56. The Morgan fingerprint density at radius 1 is 1.07 bits per heavy atom. The van der Waals surface area contributed by atoms with Crippen LogP contribution in [0.25, 0.3) is 5.70 Å². The lowest BCUT2D eigenvalue weighted by Gasteiger charge is -2.30. The second kappa shape index (κ2) is 8.78. The zero-order valence-corrected chi connectivity index (χ0v) is 17.2. The molecule has 0 fully saturated rings. The summed E-state index contributed by atoms with van der Waals surface area (Å²) in [6.45, 7) is 2.56. The predicted molar refractivity (Wildman–Crippen MR) is 116 cm³/mol. The lowest BCUT2D eigenvalue weighted by Crippen LogP contribution is -2.89. The van der Waals surface area contributed by atoms with Crippen molar-refractivity contribution >= 4 is 17.3 Å². The molecule has 1 heterocycles. The topological polar surface area (TPSA) is 58.1 Å². The van der Waals surface area contributed by atoms with Gasteiger partial charge in [0.15, 0.2) is 6.17 Å². The van der Waals surface area contributed by atoms with E-state index in [1.54, 1.807) is 30.3 Å². The van der Waals surface area contributed by atoms with Crippen LogP contribution in [-0.2, 0) is 0 Å². The van der Waals surface area contributed by atoms with Crippen molar-refractivity contribution < 1.29 is 19.6 Å². The molecule has 0 saturated heterocycles. The summed E-state index contributed by atoms with van der Waals surface area (Å²) in [6, 6.07) is 19.1. The average molecular weight is 426 g/mol. The fraction of sp³-hybridized carbons (Fsp3) is 0.167. The molecule has 1 aliphatic heterocycles. The minimum absolute atomic E-state index is 0.166. The molecular formula is C24H23ClFN2O2+. The summed E-state index contributed by atoms with van der Waals surface area (Å²) in [6.07, 6.45) is 1.89. The predicted octanol–water partition coefficient (Wildman–Crippen LogP) is 4.53. The van der Waals surface area contributed by atoms with E-state index in [4.69, 9.17) is 16.3 Å². The standard InChI is InChI=1S/C24H22ClFN2O2/c1-2-30-19-10-5-15(6-11-19)21-14-22(20-13-17(25)7-12-23(20)29)28-24(27-21)16-3-8-18(26)9-4-16/h3-14,22,24,27-29H,2H2,1H3/p+1. The molecule has 1 aliphatic rings. The van der Waals surface area contributed by atoms with E-state index in [1.165, 1.54) is 12.1 Å². The molecular weight excluding hydrogens is 403 g/mol. The summed E-state index contributed by atoms with van der Waals surface area (Å²) in [7, 11) is 0. The van der Waals surface area contributed by atoms with Crippen LogP contribution >= 0.6 is 11.6 Å². The van der Waals surface area contributed by atoms with E-state index >= 15 is 0 Å². The smallest absolute Gasteiger partial charge is 0.186 e. The van der Waals surface area contributed by atoms with Crippen molar-refractivity contribution in [2.75, 3.05) is 6.61 Å². The van der Waals surface area contributed by atoms with Gasteiger partial charge in [0.2, 0.25) is 0 Å². The van der Waals surface area contributed by atoms with Gasteiger partial charge < -0.3 is 20.5 Å². The molecule has 0 saturated carbocycles. The van der Waals surface area contributed by atoms with Gasteiger partial charge in [-0.25, -0.2) is 4.39 Å². The SMILES string of the molecule is CCOc1ccc(C2=CC(c3cc(Cl)ccc3O)[NH2+]C(c3ccc(F)cc3)N2)cc1. The molecule has 30 heavy (non-hydrogen) atoms. The summed E-state index contributed by atoms with van der Waals surface area (Å²) in [5, 5.41) is 16.6. The van der Waals surface area contributed by atoms with Crippen LogP contribution < -0.4 is 15.4 Å². The number of nitrogens with one attached hydrogen (secondary N) is 1. The largest absolute Gasteiger partial charge is 0.507 e. The second-order valence-electron chi connectivity index (χ2n) is 7.13. The number of benzene rings is 3. The molecule has 0 radical (unpaired) electrons. The van der Waals surface area contributed by atoms with Crippen molar-refractivity contribution in [2.45, 2.75) is 19.1 Å². The Morgan fingerprint density at radius 3 is 2.50 bits per heavy atom. The van der Waals surface area contributed by atoms with Gasteiger partial charge in [0.25, 0.3) is 0 Å². The Balaban J connectivity index is 1.73. The third-order valence-corrected chi connectivity index (χ3v) is 5.35. The number of aromatic hydroxyl groups is 1. The number of ether oxygens (including phenoxy) is 1. The molecule has 0 amide bonds. The molecule has 2 unspecified atom stereocenters. The summed E-state index contributed by atoms with van der Waals surface area (Å²) in [4.78, 5) is 0. The first-order valence-electron chi connectivity index (χ1n) is 9.84. The van der Waals surface area contributed by atoms with Crippen LogP contribution in [0, 0.1) is 5.82 Å². The Kier molecular flexibility index (Phi) is 5.93. The number of phenols is 1. The maximum absolute atomic E-state index is 13.4. The molecule has 6 heteroatoms. The number of phenolic OH excluding ortho intramolecular Hbond substituents is 1. The first-order valence-corrected chi connectivity index (χ1v) is 10.2. The van der Waals surface area contributed by atoms with Crippen LogP contribution in [0.5, 0.6) is 11.5 Å². The van der Waals surface area contributed by atoms with Gasteiger partial charge in [-0.05, 0) is 79.2 Å². The Hall–Kier alpha value is -3.02. The quantitative estimate of drug-likeness (QED) is 0.563. The van der Waals surface area contributed by atoms with Crippen molar-refractivity contribution in [1.82, 2.24) is 5.32 Å². The van der Waals surface area contributed by atoms with Gasteiger partial charge >= 0.3 is 0 Å². The van der Waals surface area contributed by atoms with E-state index in [9.17, 15) is 9.50 Å². The molecule has 0 aromatic heterocycles. The van der Waals surface area contributed by atoms with Crippen molar-refractivity contribution in [3.8, 4) is 11.5 Å². The number of halogens is 2. The molecule has 3 aromatic carbocycles. The molecule has 2 atom stereocenters. The van der Waals surface area contributed by atoms with E-state index in [0.29, 0.717) is 11.6 Å². The van der Waals surface area contributed by atoms with E-state index in [-0.39, 0.29) is 23.8 Å². The van der Waals surface area contributed by atoms with Crippen LogP contribution in [-0.4, -0.2) is 11.7 Å². The van der Waals surface area contributed by atoms with Crippen LogP contribution in [0.1, 0.15) is 35.8 Å². The van der Waals surface area contributed by atoms with Crippen molar-refractivity contribution in [2.24, 2.45) is 0 Å². The molecule has 4 nitrogen and oxygen atoms in total. The summed E-state index contributed by atoms with van der Waals surface area (Å²) >= 11 is 6.19. The first kappa shape index (κ1) is 20.3. The molecule has 3 aromatic rings. The van der Waals surface area contributed by atoms with E-state index in [2.05, 4.69) is 16.7 Å². The highest BCUT2D eigenvalue weighted by Crippen LogP contribution is 2.31. The maximum Gasteiger partial charge on any atom is 0.186 e. The third kappa shape index (κ3) is 4.42. The Bertz CT molecular complexity index is 1050. The zero-order valence-electron chi connectivity index (χ0n) is 16.5. The fourth-order valence-corrected chi connectivity index (χ4v) is 3.81. The van der Waals surface area contributed by atoms with Gasteiger partial charge in [-0.1, -0.05) is 11.6 Å². The fourth-order valence-electron chi connectivity index (χ4n) is 3.63. The van der Waals surface area contributed by atoms with Crippen LogP contribution in [0.3, 0.4) is 0 Å². The minimum atomic E-state index is -0.277. The number of hydrogen-bond acceptors (Lipinski definition) is 3. The van der Waals surface area contributed by atoms with Gasteiger partial charge in [0, 0.05) is 22.4 Å². The van der Waals surface area contributed by atoms with Gasteiger partial charge in [-0.2, -0.15) is 0 Å². The summed E-state index contributed by atoms with van der Waals surface area (Å²) < 4.78 is 19.0. The van der Waals surface area contributed by atoms with Crippen LogP contribution in [0.4, 0.5) is 4.39 Å². The average Bonchev–Trinajstić information content (AvgIpc) is 2.76. The number of nitrogens with two attached hydrogens (primary N) is 1. The van der Waals surface area contributed by atoms with Crippen LogP contribution in [0.2, 0.25) is 5.02 Å². The van der Waals surface area contributed by atoms with Crippen molar-refractivity contribution in [3.05, 3.63) is 100 Å². The Labute approximate surface area is 180 Å². The molecule has 0 spiro atoms. The highest BCUT2D eigenvalue weighted by Gasteiger charge is 2.29. The minimum Gasteiger partial charge on any atom is -0.507 e. The van der Waals surface area contributed by atoms with Gasteiger partial charge in [0.05, 0.1) is 12.2 Å². The van der Waals surface area contributed by atoms with Crippen molar-refractivity contribution in [1.29, 1.82) is 0 Å². The number of rotatable bonds is 5. The third-order valence-electron chi connectivity index (χ3n) is 5.11. The van der Waals surface area contributed by atoms with Gasteiger partial charge in [0.1, 0.15) is 23.4 Å². The monoisotopic (exact) mass is 425 g/mol. The molecule has 0 aliphatic carbocycles. The van der Waals surface area contributed by atoms with Gasteiger partial charge in [-0.15, -0.1) is 0 Å². The zero-order chi connectivity index (χ0) is 21.1. The van der Waals surface area contributed by atoms with Gasteiger partial charge in [-0.3, -0.25) is 0 Å². The number of quaternary nitrogens is 1. The Morgan fingerprint density at radius 2 is 1.80 bits per heavy atom. The normalized spacial score (nSPS) is 18.4. The lowest BCUT2D eigenvalue weighted by molar-refractivity contribution is -0.731. The molecule has 154 valence electrons. The lowest BCUT2D eigenvalue weighted by atomic mass is 9.98. The van der Waals surface area contributed by atoms with Crippen molar-refractivity contribution in [3.63, 3.8) is 0 Å². The summed E-state index contributed by atoms with van der Waals surface area (Å²) in [5.74, 6) is 0.715.